The lowest BCUT2D eigenvalue weighted by Gasteiger charge is -2.19. The zero-order valence-corrected chi connectivity index (χ0v) is 15.0. The van der Waals surface area contributed by atoms with Gasteiger partial charge in [-0.3, -0.25) is 4.79 Å². The van der Waals surface area contributed by atoms with Crippen LogP contribution in [-0.2, 0) is 9.53 Å². The summed E-state index contributed by atoms with van der Waals surface area (Å²) in [4.78, 5) is 23.3. The number of carbonyl (C=O) groups is 2. The number of amides is 2. The number of hydrogen-bond donors (Lipinski definition) is 2. The van der Waals surface area contributed by atoms with Gasteiger partial charge in [0, 0.05) is 17.4 Å². The molecule has 122 valence electrons. The van der Waals surface area contributed by atoms with Gasteiger partial charge < -0.3 is 15.4 Å². The number of carbonyl (C=O) groups excluding carboxylic acids is 2. The number of benzene rings is 1. The zero-order valence-electron chi connectivity index (χ0n) is 13.4. The molecule has 0 fully saturated rings. The second-order valence-electron chi connectivity index (χ2n) is 6.02. The second kappa shape index (κ2) is 8.17. The summed E-state index contributed by atoms with van der Waals surface area (Å²) in [6.45, 7) is 7.54. The predicted molar refractivity (Wildman–Crippen MR) is 89.6 cm³/mol. The Morgan fingerprint density at radius 2 is 1.82 bits per heavy atom. The van der Waals surface area contributed by atoms with Crippen LogP contribution in [0.2, 0.25) is 0 Å². The van der Waals surface area contributed by atoms with Gasteiger partial charge in [-0.25, -0.2) is 4.79 Å². The Morgan fingerprint density at radius 1 is 1.23 bits per heavy atom. The van der Waals surface area contributed by atoms with E-state index in [2.05, 4.69) is 26.6 Å². The molecule has 1 aromatic rings. The van der Waals surface area contributed by atoms with Gasteiger partial charge in [-0.1, -0.05) is 28.1 Å². The summed E-state index contributed by atoms with van der Waals surface area (Å²) in [6.07, 6.45) is -0.304. The third kappa shape index (κ3) is 7.45. The normalized spacial score (nSPS) is 12.4. The first-order valence-electron chi connectivity index (χ1n) is 7.19. The van der Waals surface area contributed by atoms with Crippen LogP contribution in [0.3, 0.4) is 0 Å². The number of nitrogens with one attached hydrogen (secondary N) is 2. The Kier molecular flexibility index (Phi) is 6.87. The maximum atomic E-state index is 11.8. The highest BCUT2D eigenvalue weighted by atomic mass is 79.9. The van der Waals surface area contributed by atoms with Crippen LogP contribution in [-0.4, -0.2) is 24.1 Å². The van der Waals surface area contributed by atoms with Crippen LogP contribution in [0.4, 0.5) is 4.79 Å². The Bertz CT molecular complexity index is 509. The summed E-state index contributed by atoms with van der Waals surface area (Å²) in [5.41, 5.74) is 0.485. The van der Waals surface area contributed by atoms with Crippen molar-refractivity contribution >= 4 is 27.9 Å². The third-order valence-electron chi connectivity index (χ3n) is 2.77. The molecule has 0 aliphatic heterocycles. The molecule has 1 aromatic carbocycles. The van der Waals surface area contributed by atoms with Crippen LogP contribution < -0.4 is 10.6 Å². The molecule has 0 radical (unpaired) electrons. The number of ether oxygens (including phenoxy) is 1. The summed E-state index contributed by atoms with van der Waals surface area (Å²) in [5.74, 6) is -0.119. The van der Waals surface area contributed by atoms with Crippen LogP contribution >= 0.6 is 15.9 Å². The van der Waals surface area contributed by atoms with Crippen molar-refractivity contribution in [3.63, 3.8) is 0 Å². The van der Waals surface area contributed by atoms with E-state index in [1.807, 2.05) is 31.2 Å². The minimum Gasteiger partial charge on any atom is -0.444 e. The van der Waals surface area contributed by atoms with Gasteiger partial charge in [-0.05, 0) is 45.4 Å². The monoisotopic (exact) mass is 370 g/mol. The molecule has 0 saturated heterocycles. The fourth-order valence-electron chi connectivity index (χ4n) is 1.74. The smallest absolute Gasteiger partial charge is 0.407 e. The first-order valence-corrected chi connectivity index (χ1v) is 7.98. The summed E-state index contributed by atoms with van der Waals surface area (Å²) < 4.78 is 6.09. The molecule has 5 nitrogen and oxygen atoms in total. The maximum absolute atomic E-state index is 11.8. The maximum Gasteiger partial charge on any atom is 0.407 e. The van der Waals surface area contributed by atoms with E-state index in [9.17, 15) is 9.59 Å². The summed E-state index contributed by atoms with van der Waals surface area (Å²) in [5, 5.41) is 5.45. The minimum atomic E-state index is -0.539. The number of rotatable bonds is 5. The van der Waals surface area contributed by atoms with Crippen molar-refractivity contribution in [1.29, 1.82) is 0 Å². The van der Waals surface area contributed by atoms with Gasteiger partial charge in [0.1, 0.15) is 5.60 Å². The lowest BCUT2D eigenvalue weighted by molar-refractivity contribution is -0.121. The fourth-order valence-corrected chi connectivity index (χ4v) is 2.01. The fraction of sp³-hybridized carbons (Fsp3) is 0.500. The van der Waals surface area contributed by atoms with Gasteiger partial charge in [0.2, 0.25) is 5.91 Å². The predicted octanol–water partition coefficient (Wildman–Crippen LogP) is 3.54. The molecule has 2 amide bonds. The summed E-state index contributed by atoms with van der Waals surface area (Å²) in [6, 6.07) is 7.69. The average molecular weight is 371 g/mol. The highest BCUT2D eigenvalue weighted by molar-refractivity contribution is 9.10. The number of halogens is 1. The number of hydrogen-bond acceptors (Lipinski definition) is 3. The van der Waals surface area contributed by atoms with E-state index < -0.39 is 11.7 Å². The van der Waals surface area contributed by atoms with Gasteiger partial charge >= 0.3 is 6.09 Å². The van der Waals surface area contributed by atoms with Gasteiger partial charge in [0.05, 0.1) is 6.04 Å². The first-order chi connectivity index (χ1) is 10.2. The van der Waals surface area contributed by atoms with Crippen molar-refractivity contribution in [2.45, 2.75) is 45.8 Å². The van der Waals surface area contributed by atoms with E-state index in [1.165, 1.54) is 0 Å². The second-order valence-corrected chi connectivity index (χ2v) is 6.94. The molecule has 0 bridgehead atoms. The van der Waals surface area contributed by atoms with Gasteiger partial charge in [-0.2, -0.15) is 0 Å². The summed E-state index contributed by atoms with van der Waals surface area (Å²) >= 11 is 3.37. The van der Waals surface area contributed by atoms with E-state index in [-0.39, 0.29) is 24.9 Å². The highest BCUT2D eigenvalue weighted by Gasteiger charge is 2.16. The van der Waals surface area contributed by atoms with E-state index in [0.29, 0.717) is 0 Å². The van der Waals surface area contributed by atoms with Crippen LogP contribution in [0.5, 0.6) is 0 Å². The van der Waals surface area contributed by atoms with E-state index in [0.717, 1.165) is 10.0 Å². The SMILES string of the molecule is C[C@@H](NC(=O)CCNC(=O)OC(C)(C)C)c1ccc(Br)cc1. The third-order valence-corrected chi connectivity index (χ3v) is 3.30. The largest absolute Gasteiger partial charge is 0.444 e. The molecule has 0 unspecified atom stereocenters. The van der Waals surface area contributed by atoms with Gasteiger partial charge in [0.25, 0.3) is 0 Å². The molecule has 0 aliphatic rings. The molecule has 0 aromatic heterocycles. The molecule has 0 heterocycles. The topological polar surface area (TPSA) is 67.4 Å². The summed E-state index contributed by atoms with van der Waals surface area (Å²) in [7, 11) is 0. The van der Waals surface area contributed by atoms with E-state index in [4.69, 9.17) is 4.74 Å². The van der Waals surface area contributed by atoms with Crippen LogP contribution in [0.1, 0.15) is 45.7 Å². The molecule has 0 saturated carbocycles. The number of alkyl carbamates (subject to hydrolysis) is 1. The molecule has 6 heteroatoms. The lowest BCUT2D eigenvalue weighted by Crippen LogP contribution is -2.35. The molecule has 0 aliphatic carbocycles. The molecule has 0 spiro atoms. The Labute approximate surface area is 139 Å². The van der Waals surface area contributed by atoms with E-state index in [1.54, 1.807) is 20.8 Å². The molecular weight excluding hydrogens is 348 g/mol. The first kappa shape index (κ1) is 18.5. The Balaban J connectivity index is 2.31. The quantitative estimate of drug-likeness (QED) is 0.832. The Morgan fingerprint density at radius 3 is 2.36 bits per heavy atom. The van der Waals surface area contributed by atoms with Crippen molar-refractivity contribution in [1.82, 2.24) is 10.6 Å². The van der Waals surface area contributed by atoms with Crippen LogP contribution in [0.25, 0.3) is 0 Å². The van der Waals surface area contributed by atoms with Gasteiger partial charge in [-0.15, -0.1) is 0 Å². The van der Waals surface area contributed by atoms with E-state index >= 15 is 0 Å². The van der Waals surface area contributed by atoms with Crippen molar-refractivity contribution in [3.05, 3.63) is 34.3 Å². The lowest BCUT2D eigenvalue weighted by atomic mass is 10.1. The molecular formula is C16H23BrN2O3. The molecule has 2 N–H and O–H groups in total. The van der Waals surface area contributed by atoms with Crippen molar-refractivity contribution in [2.75, 3.05) is 6.54 Å². The van der Waals surface area contributed by atoms with Crippen LogP contribution in [0, 0.1) is 0 Å². The average Bonchev–Trinajstić information content (AvgIpc) is 2.37. The Hall–Kier alpha value is -1.56. The highest BCUT2D eigenvalue weighted by Crippen LogP contribution is 2.16. The van der Waals surface area contributed by atoms with Crippen molar-refractivity contribution in [2.24, 2.45) is 0 Å². The zero-order chi connectivity index (χ0) is 16.8. The standard InChI is InChI=1S/C16H23BrN2O3/c1-11(12-5-7-13(17)8-6-12)19-14(20)9-10-18-15(21)22-16(2,3)4/h5-8,11H,9-10H2,1-4H3,(H,18,21)(H,19,20)/t11-/m1/s1. The minimum absolute atomic E-state index is 0.0814. The molecule has 1 rings (SSSR count). The van der Waals surface area contributed by atoms with Crippen molar-refractivity contribution < 1.29 is 14.3 Å². The molecule has 22 heavy (non-hydrogen) atoms. The molecule has 1 atom stereocenters. The van der Waals surface area contributed by atoms with Gasteiger partial charge in [0.15, 0.2) is 0 Å². The van der Waals surface area contributed by atoms with Crippen LogP contribution in [0.15, 0.2) is 28.7 Å². The van der Waals surface area contributed by atoms with Crippen molar-refractivity contribution in [3.8, 4) is 0 Å².